The van der Waals surface area contributed by atoms with Crippen molar-refractivity contribution in [3.63, 3.8) is 0 Å². The number of aliphatic hydroxyl groups excluding tert-OH is 1. The van der Waals surface area contributed by atoms with E-state index in [4.69, 9.17) is 11.6 Å². The van der Waals surface area contributed by atoms with Crippen molar-refractivity contribution < 1.29 is 9.50 Å². The Morgan fingerprint density at radius 3 is 2.82 bits per heavy atom. The van der Waals surface area contributed by atoms with Gasteiger partial charge in [0.15, 0.2) is 0 Å². The lowest BCUT2D eigenvalue weighted by atomic mass is 9.88. The number of hydrogen-bond acceptors (Lipinski definition) is 1. The fraction of sp³-hybridized carbons (Fsp3) is 0.571. The summed E-state index contributed by atoms with van der Waals surface area (Å²) in [5.41, 5.74) is 0.445. The molecule has 1 fully saturated rings. The molecule has 0 saturated heterocycles. The van der Waals surface area contributed by atoms with Gasteiger partial charge in [0.1, 0.15) is 5.82 Å². The van der Waals surface area contributed by atoms with E-state index >= 15 is 0 Å². The zero-order valence-electron chi connectivity index (χ0n) is 10.00. The van der Waals surface area contributed by atoms with Crippen LogP contribution in [0.15, 0.2) is 18.2 Å². The quantitative estimate of drug-likeness (QED) is 0.872. The summed E-state index contributed by atoms with van der Waals surface area (Å²) in [7, 11) is 0. The van der Waals surface area contributed by atoms with E-state index in [1.807, 2.05) is 0 Å². The molecule has 1 aromatic carbocycles. The molecule has 3 unspecified atom stereocenters. The minimum Gasteiger partial charge on any atom is -0.392 e. The summed E-state index contributed by atoms with van der Waals surface area (Å²) >= 11 is 5.97. The Labute approximate surface area is 107 Å². The Hall–Kier alpha value is -0.600. The molecule has 0 aromatic heterocycles. The van der Waals surface area contributed by atoms with Crippen molar-refractivity contribution in [1.82, 2.24) is 0 Å². The Balaban J connectivity index is 2.10. The first kappa shape index (κ1) is 12.8. The lowest BCUT2D eigenvalue weighted by molar-refractivity contribution is 0.0894. The Morgan fingerprint density at radius 1 is 1.47 bits per heavy atom. The highest BCUT2D eigenvalue weighted by Crippen LogP contribution is 2.35. The van der Waals surface area contributed by atoms with Gasteiger partial charge in [-0.1, -0.05) is 37.4 Å². The second kappa shape index (κ2) is 5.36. The van der Waals surface area contributed by atoms with Gasteiger partial charge in [0.05, 0.1) is 6.10 Å². The van der Waals surface area contributed by atoms with E-state index in [0.717, 1.165) is 19.3 Å². The average Bonchev–Trinajstić information content (AvgIpc) is 2.70. The molecule has 17 heavy (non-hydrogen) atoms. The van der Waals surface area contributed by atoms with Gasteiger partial charge >= 0.3 is 0 Å². The normalized spacial score (nSPS) is 26.1. The topological polar surface area (TPSA) is 20.2 Å². The van der Waals surface area contributed by atoms with Crippen LogP contribution >= 0.6 is 11.6 Å². The molecule has 1 aliphatic carbocycles. The lowest BCUT2D eigenvalue weighted by Gasteiger charge is -2.22. The minimum absolute atomic E-state index is 0.283. The second-order valence-electron chi connectivity index (χ2n) is 5.04. The van der Waals surface area contributed by atoms with Crippen molar-refractivity contribution in [3.8, 4) is 0 Å². The van der Waals surface area contributed by atoms with Crippen molar-refractivity contribution in [2.45, 2.75) is 38.7 Å². The van der Waals surface area contributed by atoms with Crippen LogP contribution in [0.25, 0.3) is 0 Å². The zero-order chi connectivity index (χ0) is 12.4. The number of halogens is 2. The predicted octanol–water partition coefficient (Wildman–Crippen LogP) is 3.82. The molecule has 0 radical (unpaired) electrons. The highest BCUT2D eigenvalue weighted by Gasteiger charge is 2.30. The number of aliphatic hydroxyl groups is 1. The van der Waals surface area contributed by atoms with Crippen LogP contribution in [0.3, 0.4) is 0 Å². The van der Waals surface area contributed by atoms with E-state index in [2.05, 4.69) is 6.92 Å². The third-order valence-electron chi connectivity index (χ3n) is 3.90. The Bertz CT molecular complexity index is 374. The lowest BCUT2D eigenvalue weighted by Crippen LogP contribution is -2.25. The van der Waals surface area contributed by atoms with E-state index in [9.17, 15) is 9.50 Å². The monoisotopic (exact) mass is 256 g/mol. The molecule has 0 heterocycles. The van der Waals surface area contributed by atoms with Crippen molar-refractivity contribution in [2.75, 3.05) is 0 Å². The third kappa shape index (κ3) is 2.80. The SMILES string of the molecule is CC1CCCC1C(O)Cc1c(F)cccc1Cl. The van der Waals surface area contributed by atoms with Crippen LogP contribution in [0.4, 0.5) is 4.39 Å². The summed E-state index contributed by atoms with van der Waals surface area (Å²) in [6.07, 6.45) is 3.19. The summed E-state index contributed by atoms with van der Waals surface area (Å²) in [5.74, 6) is 0.489. The van der Waals surface area contributed by atoms with E-state index < -0.39 is 6.10 Å². The van der Waals surface area contributed by atoms with Crippen molar-refractivity contribution >= 4 is 11.6 Å². The number of benzene rings is 1. The van der Waals surface area contributed by atoms with Crippen molar-refractivity contribution in [1.29, 1.82) is 0 Å². The van der Waals surface area contributed by atoms with E-state index in [1.165, 1.54) is 6.07 Å². The highest BCUT2D eigenvalue weighted by atomic mass is 35.5. The van der Waals surface area contributed by atoms with E-state index in [1.54, 1.807) is 12.1 Å². The summed E-state index contributed by atoms with van der Waals surface area (Å²) < 4.78 is 13.6. The molecule has 1 nitrogen and oxygen atoms in total. The maximum absolute atomic E-state index is 13.6. The molecule has 0 bridgehead atoms. The molecule has 0 amide bonds. The van der Waals surface area contributed by atoms with Gasteiger partial charge in [-0.05, 0) is 30.4 Å². The molecule has 2 rings (SSSR count). The van der Waals surface area contributed by atoms with Crippen LogP contribution in [-0.4, -0.2) is 11.2 Å². The van der Waals surface area contributed by atoms with Crippen LogP contribution in [0, 0.1) is 17.7 Å². The van der Waals surface area contributed by atoms with Crippen molar-refractivity contribution in [3.05, 3.63) is 34.6 Å². The summed E-state index contributed by atoms with van der Waals surface area (Å²) in [6, 6.07) is 4.66. The van der Waals surface area contributed by atoms with Gasteiger partial charge in [0, 0.05) is 17.0 Å². The van der Waals surface area contributed by atoms with E-state index in [-0.39, 0.29) is 11.7 Å². The largest absolute Gasteiger partial charge is 0.392 e. The van der Waals surface area contributed by atoms with Gasteiger partial charge in [-0.3, -0.25) is 0 Å². The van der Waals surface area contributed by atoms with Gasteiger partial charge in [0.2, 0.25) is 0 Å². The molecule has 94 valence electrons. The van der Waals surface area contributed by atoms with Crippen LogP contribution in [0.2, 0.25) is 5.02 Å². The number of hydrogen-bond donors (Lipinski definition) is 1. The first-order chi connectivity index (χ1) is 8.09. The summed E-state index contributed by atoms with van der Waals surface area (Å²) in [5, 5.41) is 10.6. The molecule has 1 saturated carbocycles. The molecular weight excluding hydrogens is 239 g/mol. The van der Waals surface area contributed by atoms with Gasteiger partial charge in [-0.25, -0.2) is 4.39 Å². The zero-order valence-corrected chi connectivity index (χ0v) is 10.8. The molecule has 1 aliphatic rings. The first-order valence-corrected chi connectivity index (χ1v) is 6.58. The van der Waals surface area contributed by atoms with Crippen molar-refractivity contribution in [2.24, 2.45) is 11.8 Å². The van der Waals surface area contributed by atoms with Gasteiger partial charge < -0.3 is 5.11 Å². The average molecular weight is 257 g/mol. The first-order valence-electron chi connectivity index (χ1n) is 6.20. The van der Waals surface area contributed by atoms with Gasteiger partial charge in [-0.2, -0.15) is 0 Å². The smallest absolute Gasteiger partial charge is 0.127 e. The fourth-order valence-electron chi connectivity index (χ4n) is 2.83. The molecule has 3 atom stereocenters. The van der Waals surface area contributed by atoms with Crippen LogP contribution in [-0.2, 0) is 6.42 Å². The molecule has 1 aromatic rings. The predicted molar refractivity (Wildman–Crippen MR) is 67.6 cm³/mol. The second-order valence-corrected chi connectivity index (χ2v) is 5.45. The Morgan fingerprint density at radius 2 is 2.24 bits per heavy atom. The molecule has 0 spiro atoms. The maximum atomic E-state index is 13.6. The fourth-order valence-corrected chi connectivity index (χ4v) is 3.07. The minimum atomic E-state index is -0.484. The molecule has 3 heteroatoms. The summed E-state index contributed by atoms with van der Waals surface area (Å²) in [4.78, 5) is 0. The number of rotatable bonds is 3. The van der Waals surface area contributed by atoms with Crippen LogP contribution in [0.1, 0.15) is 31.7 Å². The molecule has 0 aliphatic heterocycles. The van der Waals surface area contributed by atoms with Gasteiger partial charge in [-0.15, -0.1) is 0 Å². The molecule has 1 N–H and O–H groups in total. The van der Waals surface area contributed by atoms with Crippen LogP contribution in [0.5, 0.6) is 0 Å². The summed E-state index contributed by atoms with van der Waals surface area (Å²) in [6.45, 7) is 2.16. The standard InChI is InChI=1S/C14H18ClFO/c1-9-4-2-5-10(9)14(17)8-11-12(15)6-3-7-13(11)16/h3,6-7,9-10,14,17H,2,4-5,8H2,1H3. The van der Waals surface area contributed by atoms with Crippen LogP contribution < -0.4 is 0 Å². The third-order valence-corrected chi connectivity index (χ3v) is 4.25. The highest BCUT2D eigenvalue weighted by molar-refractivity contribution is 6.31. The Kier molecular flexibility index (Phi) is 4.05. The maximum Gasteiger partial charge on any atom is 0.127 e. The van der Waals surface area contributed by atoms with Gasteiger partial charge in [0.25, 0.3) is 0 Å². The van der Waals surface area contributed by atoms with E-state index in [0.29, 0.717) is 22.9 Å². The molecular formula is C14H18ClFO.